The van der Waals surface area contributed by atoms with Gasteiger partial charge in [0.2, 0.25) is 0 Å². The van der Waals surface area contributed by atoms with Crippen LogP contribution in [0.15, 0.2) is 76.5 Å². The molecular formula is C21H17N3O5S. The lowest BCUT2D eigenvalue weighted by Gasteiger charge is -2.09. The van der Waals surface area contributed by atoms with Gasteiger partial charge in [-0.25, -0.2) is 4.79 Å². The number of hydrogen-bond donors (Lipinski definition) is 2. The Morgan fingerprint density at radius 3 is 2.30 bits per heavy atom. The summed E-state index contributed by atoms with van der Waals surface area (Å²) in [4.78, 5) is 36.1. The van der Waals surface area contributed by atoms with Gasteiger partial charge in [-0.2, -0.15) is 0 Å². The van der Waals surface area contributed by atoms with Crippen LogP contribution in [0.2, 0.25) is 0 Å². The van der Waals surface area contributed by atoms with Crippen molar-refractivity contribution in [2.24, 2.45) is 0 Å². The number of benzene rings is 3. The second kappa shape index (κ2) is 9.10. The maximum atomic E-state index is 12.5. The van der Waals surface area contributed by atoms with Gasteiger partial charge >= 0.3 is 5.97 Å². The molecule has 3 aromatic carbocycles. The van der Waals surface area contributed by atoms with E-state index in [1.807, 2.05) is 0 Å². The van der Waals surface area contributed by atoms with Crippen LogP contribution < -0.4 is 11.1 Å². The van der Waals surface area contributed by atoms with E-state index in [1.165, 1.54) is 37.4 Å². The van der Waals surface area contributed by atoms with Crippen molar-refractivity contribution in [1.29, 1.82) is 0 Å². The largest absolute Gasteiger partial charge is 0.465 e. The van der Waals surface area contributed by atoms with Crippen LogP contribution in [0.4, 0.5) is 17.1 Å². The van der Waals surface area contributed by atoms with Gasteiger partial charge in [-0.1, -0.05) is 23.9 Å². The number of ether oxygens (including phenoxy) is 1. The van der Waals surface area contributed by atoms with E-state index in [9.17, 15) is 19.7 Å². The highest BCUT2D eigenvalue weighted by Gasteiger charge is 2.19. The molecule has 0 atom stereocenters. The third-order valence-corrected chi connectivity index (χ3v) is 5.28. The van der Waals surface area contributed by atoms with Crippen molar-refractivity contribution in [2.45, 2.75) is 9.79 Å². The smallest absolute Gasteiger partial charge is 0.337 e. The maximum Gasteiger partial charge on any atom is 0.337 e. The normalized spacial score (nSPS) is 10.3. The zero-order chi connectivity index (χ0) is 21.7. The molecule has 0 fully saturated rings. The maximum absolute atomic E-state index is 12.5. The molecule has 3 N–H and O–H groups in total. The second-order valence-electron chi connectivity index (χ2n) is 6.10. The molecule has 0 saturated heterocycles. The van der Waals surface area contributed by atoms with E-state index in [2.05, 4.69) is 10.1 Å². The molecule has 0 radical (unpaired) electrons. The number of nitrogens with one attached hydrogen (secondary N) is 1. The lowest BCUT2D eigenvalue weighted by Crippen LogP contribution is -2.12. The van der Waals surface area contributed by atoms with E-state index in [0.717, 1.165) is 11.8 Å². The van der Waals surface area contributed by atoms with Crippen molar-refractivity contribution in [3.8, 4) is 0 Å². The third kappa shape index (κ3) is 4.76. The van der Waals surface area contributed by atoms with Crippen LogP contribution in [-0.2, 0) is 4.74 Å². The Kier molecular flexibility index (Phi) is 6.33. The van der Waals surface area contributed by atoms with Gasteiger partial charge in [-0.05, 0) is 48.5 Å². The first-order valence-electron chi connectivity index (χ1n) is 8.69. The summed E-state index contributed by atoms with van der Waals surface area (Å²) in [6, 6.07) is 17.4. The third-order valence-electron chi connectivity index (χ3n) is 4.12. The summed E-state index contributed by atoms with van der Waals surface area (Å²) in [5, 5.41) is 14.2. The van der Waals surface area contributed by atoms with Crippen LogP contribution in [0.3, 0.4) is 0 Å². The Labute approximate surface area is 176 Å². The number of nitrogens with two attached hydrogens (primary N) is 1. The van der Waals surface area contributed by atoms with Gasteiger partial charge in [0, 0.05) is 27.9 Å². The Balaban J connectivity index is 1.81. The minimum absolute atomic E-state index is 0.129. The fourth-order valence-corrected chi connectivity index (χ4v) is 3.53. The molecule has 8 nitrogen and oxygen atoms in total. The van der Waals surface area contributed by atoms with Gasteiger partial charge in [0.15, 0.2) is 0 Å². The van der Waals surface area contributed by atoms with Gasteiger partial charge < -0.3 is 15.8 Å². The number of para-hydroxylation sites is 1. The Morgan fingerprint density at radius 1 is 1.00 bits per heavy atom. The summed E-state index contributed by atoms with van der Waals surface area (Å²) in [5.74, 6) is -1.00. The van der Waals surface area contributed by atoms with Gasteiger partial charge in [-0.3, -0.25) is 14.9 Å². The first-order valence-corrected chi connectivity index (χ1v) is 9.51. The van der Waals surface area contributed by atoms with Crippen LogP contribution in [0.1, 0.15) is 20.7 Å². The molecule has 0 aliphatic heterocycles. The highest BCUT2D eigenvalue weighted by Crippen LogP contribution is 2.37. The molecule has 0 bridgehead atoms. The van der Waals surface area contributed by atoms with Crippen LogP contribution >= 0.6 is 11.8 Å². The average molecular weight is 423 g/mol. The van der Waals surface area contributed by atoms with E-state index in [-0.39, 0.29) is 11.3 Å². The lowest BCUT2D eigenvalue weighted by molar-refractivity contribution is -0.387. The molecular weight excluding hydrogens is 406 g/mol. The summed E-state index contributed by atoms with van der Waals surface area (Å²) in [6.07, 6.45) is 0. The summed E-state index contributed by atoms with van der Waals surface area (Å²) < 4.78 is 4.62. The Morgan fingerprint density at radius 2 is 1.67 bits per heavy atom. The van der Waals surface area contributed by atoms with Crippen molar-refractivity contribution < 1.29 is 19.2 Å². The quantitative estimate of drug-likeness (QED) is 0.261. The molecule has 0 spiro atoms. The van der Waals surface area contributed by atoms with Crippen molar-refractivity contribution in [3.63, 3.8) is 0 Å². The molecule has 3 aromatic rings. The average Bonchev–Trinajstić information content (AvgIpc) is 2.75. The number of carbonyl (C=O) groups is 2. The predicted molar refractivity (Wildman–Crippen MR) is 114 cm³/mol. The van der Waals surface area contributed by atoms with Crippen molar-refractivity contribution in [3.05, 3.63) is 88.0 Å². The summed E-state index contributed by atoms with van der Waals surface area (Å²) >= 11 is 1.16. The number of nitrogens with zero attached hydrogens (tertiary/aromatic N) is 1. The number of hydrogen-bond acceptors (Lipinski definition) is 7. The van der Waals surface area contributed by atoms with Crippen molar-refractivity contribution >= 4 is 40.7 Å². The van der Waals surface area contributed by atoms with E-state index in [4.69, 9.17) is 5.73 Å². The highest BCUT2D eigenvalue weighted by atomic mass is 32.2. The van der Waals surface area contributed by atoms with Crippen molar-refractivity contribution in [2.75, 3.05) is 18.2 Å². The van der Waals surface area contributed by atoms with E-state index in [0.29, 0.717) is 26.7 Å². The van der Waals surface area contributed by atoms with Crippen LogP contribution in [0.5, 0.6) is 0 Å². The van der Waals surface area contributed by atoms with E-state index >= 15 is 0 Å². The first-order chi connectivity index (χ1) is 14.4. The Hall–Kier alpha value is -3.85. The fourth-order valence-electron chi connectivity index (χ4n) is 2.59. The monoisotopic (exact) mass is 423 g/mol. The molecule has 9 heteroatoms. The number of nitro groups is 1. The number of methoxy groups -OCH3 is 1. The number of anilines is 2. The summed E-state index contributed by atoms with van der Waals surface area (Å²) in [5.41, 5.74) is 7.13. The van der Waals surface area contributed by atoms with Gasteiger partial charge in [0.05, 0.1) is 22.5 Å². The molecule has 1 amide bonds. The lowest BCUT2D eigenvalue weighted by atomic mass is 10.1. The van der Waals surface area contributed by atoms with Gasteiger partial charge in [0.25, 0.3) is 11.6 Å². The van der Waals surface area contributed by atoms with Crippen molar-refractivity contribution in [1.82, 2.24) is 0 Å². The first kappa shape index (κ1) is 20.9. The number of amides is 1. The van der Waals surface area contributed by atoms with E-state index in [1.54, 1.807) is 36.4 Å². The number of carbonyl (C=O) groups excluding carboxylic acids is 2. The topological polar surface area (TPSA) is 125 Å². The second-order valence-corrected chi connectivity index (χ2v) is 7.19. The number of nitrogen functional groups attached to an aromatic ring is 1. The van der Waals surface area contributed by atoms with Gasteiger partial charge in [-0.15, -0.1) is 0 Å². The summed E-state index contributed by atoms with van der Waals surface area (Å²) in [6.45, 7) is 0. The van der Waals surface area contributed by atoms with E-state index < -0.39 is 16.8 Å². The Bertz CT molecular complexity index is 1120. The molecule has 0 aromatic heterocycles. The molecule has 0 aliphatic rings. The molecule has 152 valence electrons. The summed E-state index contributed by atoms with van der Waals surface area (Å²) in [7, 11) is 1.28. The number of esters is 1. The predicted octanol–water partition coefficient (Wildman–Crippen LogP) is 4.37. The van der Waals surface area contributed by atoms with Gasteiger partial charge in [0.1, 0.15) is 0 Å². The minimum Gasteiger partial charge on any atom is -0.465 e. The molecule has 3 rings (SSSR count). The number of rotatable bonds is 6. The zero-order valence-electron chi connectivity index (χ0n) is 15.8. The minimum atomic E-state index is -0.538. The molecule has 0 aliphatic carbocycles. The molecule has 0 heterocycles. The standard InChI is InChI=1S/C21H17N3O5S/c1-29-21(26)13-6-9-15(10-7-13)23-20(25)14-8-11-19(17(12-14)24(27)28)30-18-5-3-2-4-16(18)22/h2-12H,22H2,1H3,(H,23,25). The highest BCUT2D eigenvalue weighted by molar-refractivity contribution is 7.99. The van der Waals surface area contributed by atoms with Crippen LogP contribution in [0, 0.1) is 10.1 Å². The van der Waals surface area contributed by atoms with Crippen LogP contribution in [-0.4, -0.2) is 23.9 Å². The SMILES string of the molecule is COC(=O)c1ccc(NC(=O)c2ccc(Sc3ccccc3N)c([N+](=O)[O-])c2)cc1. The molecule has 30 heavy (non-hydrogen) atoms. The zero-order valence-corrected chi connectivity index (χ0v) is 16.6. The molecule has 0 unspecified atom stereocenters. The fraction of sp³-hybridized carbons (Fsp3) is 0.0476. The van der Waals surface area contributed by atoms with Crippen LogP contribution in [0.25, 0.3) is 0 Å². The molecule has 0 saturated carbocycles. The number of nitro benzene ring substituents is 1.